The standard InChI is InChI=1S/C15H27N3/c1-4-13-12-14(5-2)18(16-13)11-9-15-8-6-7-10-17(15)3/h12,15H,4-11H2,1-3H3. The number of piperidine rings is 1. The molecule has 0 amide bonds. The molecule has 1 atom stereocenters. The minimum absolute atomic E-state index is 0.762. The van der Waals surface area contributed by atoms with Crippen LogP contribution in [0.3, 0.4) is 0 Å². The Bertz CT molecular complexity index is 370. The van der Waals surface area contributed by atoms with Crippen molar-refractivity contribution < 1.29 is 0 Å². The molecule has 0 bridgehead atoms. The van der Waals surface area contributed by atoms with Gasteiger partial charge in [0.1, 0.15) is 0 Å². The van der Waals surface area contributed by atoms with Gasteiger partial charge >= 0.3 is 0 Å². The van der Waals surface area contributed by atoms with E-state index >= 15 is 0 Å². The highest BCUT2D eigenvalue weighted by molar-refractivity contribution is 5.10. The maximum absolute atomic E-state index is 4.71. The van der Waals surface area contributed by atoms with E-state index in [0.29, 0.717) is 0 Å². The molecule has 1 saturated heterocycles. The Kier molecular flexibility index (Phi) is 4.81. The molecular formula is C15H27N3. The van der Waals surface area contributed by atoms with Crippen molar-refractivity contribution in [2.75, 3.05) is 13.6 Å². The van der Waals surface area contributed by atoms with E-state index in [0.717, 1.165) is 25.4 Å². The first-order valence-electron chi connectivity index (χ1n) is 7.50. The van der Waals surface area contributed by atoms with Crippen LogP contribution in [0.15, 0.2) is 6.07 Å². The SMILES string of the molecule is CCc1cc(CC)n(CCC2CCCCN2C)n1. The molecule has 0 aliphatic carbocycles. The summed E-state index contributed by atoms with van der Waals surface area (Å²) in [5, 5.41) is 4.71. The second kappa shape index (κ2) is 6.37. The monoisotopic (exact) mass is 249 g/mol. The normalized spacial score (nSPS) is 21.4. The van der Waals surface area contributed by atoms with Crippen LogP contribution >= 0.6 is 0 Å². The van der Waals surface area contributed by atoms with Crippen LogP contribution in [0.1, 0.15) is 50.9 Å². The highest BCUT2D eigenvalue weighted by Crippen LogP contribution is 2.19. The molecule has 102 valence electrons. The summed E-state index contributed by atoms with van der Waals surface area (Å²) < 4.78 is 2.24. The Labute approximate surface area is 111 Å². The zero-order chi connectivity index (χ0) is 13.0. The van der Waals surface area contributed by atoms with Gasteiger partial charge in [-0.05, 0) is 51.8 Å². The molecule has 0 aromatic carbocycles. The van der Waals surface area contributed by atoms with E-state index in [9.17, 15) is 0 Å². The van der Waals surface area contributed by atoms with Gasteiger partial charge in [-0.3, -0.25) is 4.68 Å². The van der Waals surface area contributed by atoms with Gasteiger partial charge in [0.2, 0.25) is 0 Å². The summed E-state index contributed by atoms with van der Waals surface area (Å²) in [6, 6.07) is 3.03. The third kappa shape index (κ3) is 3.14. The lowest BCUT2D eigenvalue weighted by molar-refractivity contribution is 0.169. The van der Waals surface area contributed by atoms with Gasteiger partial charge in [-0.25, -0.2) is 0 Å². The van der Waals surface area contributed by atoms with Crippen molar-refractivity contribution >= 4 is 0 Å². The van der Waals surface area contributed by atoms with Gasteiger partial charge in [-0.1, -0.05) is 20.3 Å². The van der Waals surface area contributed by atoms with Gasteiger partial charge < -0.3 is 4.90 Å². The quantitative estimate of drug-likeness (QED) is 0.800. The summed E-state index contributed by atoms with van der Waals surface area (Å²) in [6.07, 6.45) is 7.51. The van der Waals surface area contributed by atoms with Crippen LogP contribution in [-0.2, 0) is 19.4 Å². The number of aromatic nitrogens is 2. The Morgan fingerprint density at radius 1 is 1.28 bits per heavy atom. The number of hydrogen-bond acceptors (Lipinski definition) is 2. The number of nitrogens with zero attached hydrogens (tertiary/aromatic N) is 3. The molecule has 18 heavy (non-hydrogen) atoms. The van der Waals surface area contributed by atoms with Crippen LogP contribution in [0.2, 0.25) is 0 Å². The van der Waals surface area contributed by atoms with Crippen LogP contribution in [-0.4, -0.2) is 34.3 Å². The molecule has 0 saturated carbocycles. The van der Waals surface area contributed by atoms with E-state index in [1.54, 1.807) is 0 Å². The molecule has 1 fully saturated rings. The minimum atomic E-state index is 0.762. The number of hydrogen-bond donors (Lipinski definition) is 0. The van der Waals surface area contributed by atoms with Crippen molar-refractivity contribution in [3.63, 3.8) is 0 Å². The smallest absolute Gasteiger partial charge is 0.0624 e. The van der Waals surface area contributed by atoms with E-state index in [1.807, 2.05) is 0 Å². The van der Waals surface area contributed by atoms with Crippen molar-refractivity contribution in [2.45, 2.75) is 65.0 Å². The average molecular weight is 249 g/mol. The fourth-order valence-electron chi connectivity index (χ4n) is 2.95. The third-order valence-electron chi connectivity index (χ3n) is 4.23. The topological polar surface area (TPSA) is 21.1 Å². The largest absolute Gasteiger partial charge is 0.303 e. The van der Waals surface area contributed by atoms with Crippen LogP contribution in [0.5, 0.6) is 0 Å². The molecule has 2 rings (SSSR count). The van der Waals surface area contributed by atoms with Crippen LogP contribution < -0.4 is 0 Å². The predicted molar refractivity (Wildman–Crippen MR) is 75.9 cm³/mol. The zero-order valence-corrected chi connectivity index (χ0v) is 12.2. The van der Waals surface area contributed by atoms with Gasteiger partial charge in [-0.2, -0.15) is 5.10 Å². The van der Waals surface area contributed by atoms with Gasteiger partial charge in [0.05, 0.1) is 5.69 Å². The summed E-state index contributed by atoms with van der Waals surface area (Å²) >= 11 is 0. The first kappa shape index (κ1) is 13.6. The van der Waals surface area contributed by atoms with Gasteiger partial charge in [0.15, 0.2) is 0 Å². The average Bonchev–Trinajstić information content (AvgIpc) is 2.80. The maximum Gasteiger partial charge on any atom is 0.0624 e. The highest BCUT2D eigenvalue weighted by Gasteiger charge is 2.19. The second-order valence-corrected chi connectivity index (χ2v) is 5.48. The van der Waals surface area contributed by atoms with E-state index in [1.165, 1.54) is 43.6 Å². The molecule has 1 aliphatic heterocycles. The van der Waals surface area contributed by atoms with Crippen molar-refractivity contribution in [3.8, 4) is 0 Å². The number of likely N-dealkylation sites (tertiary alicyclic amines) is 1. The Morgan fingerprint density at radius 2 is 2.11 bits per heavy atom. The van der Waals surface area contributed by atoms with E-state index in [-0.39, 0.29) is 0 Å². The summed E-state index contributed by atoms with van der Waals surface area (Å²) in [5.41, 5.74) is 2.63. The lowest BCUT2D eigenvalue weighted by atomic mass is 10.0. The van der Waals surface area contributed by atoms with Crippen molar-refractivity contribution in [1.82, 2.24) is 14.7 Å². The Morgan fingerprint density at radius 3 is 2.78 bits per heavy atom. The Balaban J connectivity index is 1.94. The maximum atomic E-state index is 4.71. The van der Waals surface area contributed by atoms with E-state index in [2.05, 4.69) is 36.5 Å². The zero-order valence-electron chi connectivity index (χ0n) is 12.2. The van der Waals surface area contributed by atoms with Gasteiger partial charge in [-0.15, -0.1) is 0 Å². The first-order valence-corrected chi connectivity index (χ1v) is 7.50. The molecule has 1 unspecified atom stereocenters. The second-order valence-electron chi connectivity index (χ2n) is 5.48. The summed E-state index contributed by atoms with van der Waals surface area (Å²) in [5.74, 6) is 0. The predicted octanol–water partition coefficient (Wildman–Crippen LogP) is 2.88. The molecule has 0 radical (unpaired) electrons. The first-order chi connectivity index (χ1) is 8.74. The van der Waals surface area contributed by atoms with Gasteiger partial charge in [0, 0.05) is 18.3 Å². The molecule has 0 N–H and O–H groups in total. The number of rotatable bonds is 5. The Hall–Kier alpha value is -0.830. The molecule has 1 aromatic rings. The van der Waals surface area contributed by atoms with Crippen molar-refractivity contribution in [3.05, 3.63) is 17.5 Å². The molecule has 3 heteroatoms. The lowest BCUT2D eigenvalue weighted by Crippen LogP contribution is -2.37. The summed E-state index contributed by atoms with van der Waals surface area (Å²) in [6.45, 7) is 6.75. The molecule has 0 spiro atoms. The fraction of sp³-hybridized carbons (Fsp3) is 0.800. The lowest BCUT2D eigenvalue weighted by Gasteiger charge is -2.32. The summed E-state index contributed by atoms with van der Waals surface area (Å²) in [7, 11) is 2.27. The van der Waals surface area contributed by atoms with Crippen LogP contribution in [0.25, 0.3) is 0 Å². The molecule has 3 nitrogen and oxygen atoms in total. The molecule has 1 aromatic heterocycles. The number of aryl methyl sites for hydroxylation is 3. The summed E-state index contributed by atoms with van der Waals surface area (Å²) in [4.78, 5) is 2.53. The molecule has 1 aliphatic rings. The van der Waals surface area contributed by atoms with E-state index < -0.39 is 0 Å². The van der Waals surface area contributed by atoms with Crippen LogP contribution in [0.4, 0.5) is 0 Å². The van der Waals surface area contributed by atoms with E-state index in [4.69, 9.17) is 5.10 Å². The van der Waals surface area contributed by atoms with Gasteiger partial charge in [0.25, 0.3) is 0 Å². The molecular weight excluding hydrogens is 222 g/mol. The fourth-order valence-corrected chi connectivity index (χ4v) is 2.95. The third-order valence-corrected chi connectivity index (χ3v) is 4.23. The van der Waals surface area contributed by atoms with Crippen LogP contribution in [0, 0.1) is 0 Å². The minimum Gasteiger partial charge on any atom is -0.303 e. The highest BCUT2D eigenvalue weighted by atomic mass is 15.3. The van der Waals surface area contributed by atoms with Crippen molar-refractivity contribution in [1.29, 1.82) is 0 Å². The molecule has 2 heterocycles. The van der Waals surface area contributed by atoms with Crippen molar-refractivity contribution in [2.24, 2.45) is 0 Å².